The minimum absolute atomic E-state index is 0.170. The molecule has 0 spiro atoms. The molecular weight excluding hydrogens is 356 g/mol. The highest BCUT2D eigenvalue weighted by Gasteiger charge is 2.22. The van der Waals surface area contributed by atoms with Gasteiger partial charge in [-0.1, -0.05) is 102 Å². The number of hydrogen-bond acceptors (Lipinski definition) is 2. The van der Waals surface area contributed by atoms with Crippen molar-refractivity contribution in [3.63, 3.8) is 0 Å². The maximum Gasteiger partial charge on any atom is 0.132 e. The van der Waals surface area contributed by atoms with Gasteiger partial charge in [0.25, 0.3) is 0 Å². The number of rotatable bonds is 8. The maximum absolute atomic E-state index is 11.9. The van der Waals surface area contributed by atoms with Crippen LogP contribution in [0, 0.1) is 5.92 Å². The number of aliphatic hydroxyl groups is 1. The molecule has 2 aromatic carbocycles. The van der Waals surface area contributed by atoms with Gasteiger partial charge in [-0.25, -0.2) is 0 Å². The van der Waals surface area contributed by atoms with E-state index in [-0.39, 0.29) is 5.92 Å². The molecule has 0 saturated heterocycles. The molecule has 3 atom stereocenters. The zero-order valence-corrected chi connectivity index (χ0v) is 20.0. The Labute approximate surface area is 180 Å². The first-order valence-corrected chi connectivity index (χ1v) is 11.2. The van der Waals surface area contributed by atoms with Gasteiger partial charge in [0.15, 0.2) is 0 Å². The molecule has 0 radical (unpaired) electrons. The summed E-state index contributed by atoms with van der Waals surface area (Å²) in [6.07, 6.45) is 2.96. The molecule has 2 rings (SSSR count). The highest BCUT2D eigenvalue weighted by atomic mass is 16.2. The van der Waals surface area contributed by atoms with Crippen LogP contribution >= 0.6 is 0 Å². The van der Waals surface area contributed by atoms with Crippen molar-refractivity contribution < 1.29 is 9.90 Å². The molecule has 2 aromatic rings. The van der Waals surface area contributed by atoms with Crippen molar-refractivity contribution in [3.05, 3.63) is 71.8 Å². The van der Waals surface area contributed by atoms with Crippen LogP contribution in [0.4, 0.5) is 0 Å². The predicted octanol–water partition coefficient (Wildman–Crippen LogP) is 7.63. The largest absolute Gasteiger partial charge is 0.400 e. The molecular formula is C27H44O2. The van der Waals surface area contributed by atoms with Crippen LogP contribution in [0.2, 0.25) is 0 Å². The molecule has 1 N–H and O–H groups in total. The summed E-state index contributed by atoms with van der Waals surface area (Å²) in [5.74, 6) is 1.41. The normalized spacial score (nSPS) is 12.4. The predicted molar refractivity (Wildman–Crippen MR) is 129 cm³/mol. The number of carbonyl (C=O) groups is 1. The summed E-state index contributed by atoms with van der Waals surface area (Å²) in [6.45, 7) is 14.1. The number of carbonyl (C=O) groups excluding carboxylic acids is 1. The van der Waals surface area contributed by atoms with E-state index in [1.54, 1.807) is 6.92 Å². The second-order valence-electron chi connectivity index (χ2n) is 6.61. The highest BCUT2D eigenvalue weighted by Crippen LogP contribution is 2.35. The van der Waals surface area contributed by atoms with Gasteiger partial charge in [0.05, 0.1) is 0 Å². The molecule has 164 valence electrons. The lowest BCUT2D eigenvalue weighted by atomic mass is 9.79. The number of aliphatic hydroxyl groups excluding tert-OH is 1. The summed E-state index contributed by atoms with van der Waals surface area (Å²) in [5.41, 5.74) is 2.74. The molecule has 0 aliphatic rings. The van der Waals surface area contributed by atoms with Crippen LogP contribution in [-0.4, -0.2) is 18.0 Å². The topological polar surface area (TPSA) is 37.3 Å². The van der Waals surface area contributed by atoms with Crippen LogP contribution in [-0.2, 0) is 4.79 Å². The van der Waals surface area contributed by atoms with E-state index in [2.05, 4.69) is 74.5 Å². The van der Waals surface area contributed by atoms with Crippen molar-refractivity contribution in [2.24, 2.45) is 5.92 Å². The van der Waals surface area contributed by atoms with E-state index in [9.17, 15) is 4.79 Å². The Balaban J connectivity index is 0. The van der Waals surface area contributed by atoms with E-state index in [4.69, 9.17) is 5.11 Å². The van der Waals surface area contributed by atoms with Crippen LogP contribution in [0.15, 0.2) is 60.7 Å². The van der Waals surface area contributed by atoms with Crippen LogP contribution < -0.4 is 0 Å². The molecule has 29 heavy (non-hydrogen) atoms. The Kier molecular flexibility index (Phi) is 19.6. The third-order valence-corrected chi connectivity index (χ3v) is 4.91. The van der Waals surface area contributed by atoms with Gasteiger partial charge < -0.3 is 5.11 Å². The van der Waals surface area contributed by atoms with E-state index >= 15 is 0 Å². The summed E-state index contributed by atoms with van der Waals surface area (Å²) in [5, 5.41) is 7.00. The van der Waals surface area contributed by atoms with Gasteiger partial charge in [0.2, 0.25) is 0 Å². The Morgan fingerprint density at radius 1 is 0.793 bits per heavy atom. The first-order chi connectivity index (χ1) is 14.1. The summed E-state index contributed by atoms with van der Waals surface area (Å²) in [7, 11) is 1.00. The zero-order chi connectivity index (χ0) is 22.7. The van der Waals surface area contributed by atoms with Crippen molar-refractivity contribution in [3.8, 4) is 0 Å². The molecule has 2 nitrogen and oxygen atoms in total. The lowest BCUT2D eigenvalue weighted by Crippen LogP contribution is -2.16. The SMILES string of the molecule is CC.CC.CCC(CC(CC(C)c1ccccc1)c1ccccc1)C(C)=O.CO. The molecule has 0 aliphatic carbocycles. The Bertz CT molecular complexity index is 592. The molecule has 0 bridgehead atoms. The van der Waals surface area contributed by atoms with Crippen molar-refractivity contribution in [1.29, 1.82) is 0 Å². The van der Waals surface area contributed by atoms with E-state index in [1.165, 1.54) is 11.1 Å². The fraction of sp³-hybridized carbons (Fsp3) is 0.519. The fourth-order valence-corrected chi connectivity index (χ4v) is 3.40. The van der Waals surface area contributed by atoms with Gasteiger partial charge in [-0.05, 0) is 49.1 Å². The third kappa shape index (κ3) is 11.6. The first kappa shape index (κ1) is 29.3. The molecule has 2 heteroatoms. The van der Waals surface area contributed by atoms with Crippen LogP contribution in [0.5, 0.6) is 0 Å². The smallest absolute Gasteiger partial charge is 0.132 e. The summed E-state index contributed by atoms with van der Waals surface area (Å²) >= 11 is 0. The molecule has 0 saturated carbocycles. The maximum atomic E-state index is 11.9. The average molecular weight is 401 g/mol. The summed E-state index contributed by atoms with van der Waals surface area (Å²) in [6, 6.07) is 21.3. The van der Waals surface area contributed by atoms with Crippen LogP contribution in [0.3, 0.4) is 0 Å². The minimum atomic E-state index is 0.170. The van der Waals surface area contributed by atoms with Crippen molar-refractivity contribution >= 4 is 5.78 Å². The Hall–Kier alpha value is -1.93. The van der Waals surface area contributed by atoms with Gasteiger partial charge in [-0.2, -0.15) is 0 Å². The van der Waals surface area contributed by atoms with E-state index in [0.717, 1.165) is 26.4 Å². The van der Waals surface area contributed by atoms with Crippen molar-refractivity contribution in [2.75, 3.05) is 7.11 Å². The molecule has 0 heterocycles. The summed E-state index contributed by atoms with van der Waals surface area (Å²) in [4.78, 5) is 11.9. The van der Waals surface area contributed by atoms with E-state index in [0.29, 0.717) is 17.6 Å². The van der Waals surface area contributed by atoms with E-state index < -0.39 is 0 Å². The highest BCUT2D eigenvalue weighted by molar-refractivity contribution is 5.78. The Morgan fingerprint density at radius 2 is 1.21 bits per heavy atom. The van der Waals surface area contributed by atoms with Gasteiger partial charge in [0, 0.05) is 13.0 Å². The second-order valence-corrected chi connectivity index (χ2v) is 6.61. The minimum Gasteiger partial charge on any atom is -0.400 e. The zero-order valence-electron chi connectivity index (χ0n) is 20.0. The van der Waals surface area contributed by atoms with Gasteiger partial charge in [-0.3, -0.25) is 4.79 Å². The molecule has 0 aliphatic heterocycles. The monoisotopic (exact) mass is 400 g/mol. The lowest BCUT2D eigenvalue weighted by Gasteiger charge is -2.25. The van der Waals surface area contributed by atoms with Gasteiger partial charge in [-0.15, -0.1) is 0 Å². The number of hydrogen-bond donors (Lipinski definition) is 1. The summed E-state index contributed by atoms with van der Waals surface area (Å²) < 4.78 is 0. The van der Waals surface area contributed by atoms with Crippen molar-refractivity contribution in [2.45, 2.75) is 79.6 Å². The second kappa shape index (κ2) is 19.4. The van der Waals surface area contributed by atoms with Gasteiger partial charge >= 0.3 is 0 Å². The quantitative estimate of drug-likeness (QED) is 0.494. The van der Waals surface area contributed by atoms with Crippen LogP contribution in [0.25, 0.3) is 0 Å². The Morgan fingerprint density at radius 3 is 1.59 bits per heavy atom. The lowest BCUT2D eigenvalue weighted by molar-refractivity contribution is -0.121. The average Bonchev–Trinajstić information content (AvgIpc) is 2.81. The number of ketones is 1. The van der Waals surface area contributed by atoms with Crippen LogP contribution in [0.1, 0.15) is 90.7 Å². The molecule has 0 amide bonds. The number of benzene rings is 2. The fourth-order valence-electron chi connectivity index (χ4n) is 3.40. The van der Waals surface area contributed by atoms with Crippen molar-refractivity contribution in [1.82, 2.24) is 0 Å². The standard InChI is InChI=1S/C22H28O.2C2H6.CH4O/c1-4-19(18(3)23)16-22(21-13-9-6-10-14-21)15-17(2)20-11-7-5-8-12-20;3*1-2/h5-14,17,19,22H,4,15-16H2,1-3H3;2*1-2H3;2H,1H3. The number of Topliss-reactive ketones (excluding diaryl/α,β-unsaturated/α-hetero) is 1. The third-order valence-electron chi connectivity index (χ3n) is 4.91. The molecule has 0 fully saturated rings. The first-order valence-electron chi connectivity index (χ1n) is 11.2. The molecule has 3 unspecified atom stereocenters. The van der Waals surface area contributed by atoms with E-state index in [1.807, 2.05) is 27.7 Å². The van der Waals surface area contributed by atoms with Gasteiger partial charge in [0.1, 0.15) is 5.78 Å². The molecule has 0 aromatic heterocycles.